The van der Waals surface area contributed by atoms with E-state index in [1.165, 1.54) is 12.1 Å². The minimum atomic E-state index is -0.289. The molecule has 0 heterocycles. The maximum atomic E-state index is 13.4. The van der Waals surface area contributed by atoms with E-state index in [1.807, 2.05) is 24.8 Å². The van der Waals surface area contributed by atoms with E-state index < -0.39 is 0 Å². The Morgan fingerprint density at radius 2 is 2.05 bits per heavy atom. The molecule has 1 aromatic carbocycles. The molecular formula is C15H24FN3O. The molecule has 0 saturated heterocycles. The second-order valence-electron chi connectivity index (χ2n) is 5.21. The maximum absolute atomic E-state index is 13.4. The van der Waals surface area contributed by atoms with Crippen LogP contribution in [0.1, 0.15) is 25.5 Å². The summed E-state index contributed by atoms with van der Waals surface area (Å²) in [7, 11) is 3.44. The molecule has 2 N–H and O–H groups in total. The summed E-state index contributed by atoms with van der Waals surface area (Å²) in [5.41, 5.74) is 6.86. The zero-order chi connectivity index (χ0) is 15.3. The van der Waals surface area contributed by atoms with E-state index in [4.69, 9.17) is 5.73 Å². The van der Waals surface area contributed by atoms with Crippen LogP contribution in [0.2, 0.25) is 0 Å². The fourth-order valence-electron chi connectivity index (χ4n) is 2.26. The second kappa shape index (κ2) is 7.36. The van der Waals surface area contributed by atoms with Crippen molar-refractivity contribution in [2.75, 3.05) is 27.2 Å². The molecule has 4 nitrogen and oxygen atoms in total. The Bertz CT molecular complexity index is 448. The zero-order valence-electron chi connectivity index (χ0n) is 12.6. The molecule has 2 atom stereocenters. The predicted molar refractivity (Wildman–Crippen MR) is 78.7 cm³/mol. The lowest BCUT2D eigenvalue weighted by atomic mass is 9.99. The molecule has 112 valence electrons. The number of benzene rings is 1. The normalized spacial score (nSPS) is 14.2. The van der Waals surface area contributed by atoms with Crippen molar-refractivity contribution in [2.24, 2.45) is 5.73 Å². The quantitative estimate of drug-likeness (QED) is 0.862. The van der Waals surface area contributed by atoms with Crippen molar-refractivity contribution in [1.29, 1.82) is 0 Å². The van der Waals surface area contributed by atoms with Gasteiger partial charge in [-0.05, 0) is 31.2 Å². The standard InChI is InChI=1S/C15H24FN3O/c1-5-19(10-14(20)18(3)4)15(11(2)17)12-7-6-8-13(16)9-12/h6-9,11,15H,5,10,17H2,1-4H3. The Labute approximate surface area is 120 Å². The topological polar surface area (TPSA) is 49.6 Å². The first-order valence-corrected chi connectivity index (χ1v) is 6.82. The Kier molecular flexibility index (Phi) is 6.10. The van der Waals surface area contributed by atoms with Gasteiger partial charge in [0, 0.05) is 20.1 Å². The summed E-state index contributed by atoms with van der Waals surface area (Å²) >= 11 is 0. The number of amides is 1. The number of nitrogens with zero attached hydrogens (tertiary/aromatic N) is 2. The highest BCUT2D eigenvalue weighted by Crippen LogP contribution is 2.24. The molecule has 1 aromatic rings. The van der Waals surface area contributed by atoms with Crippen molar-refractivity contribution in [3.63, 3.8) is 0 Å². The Morgan fingerprint density at radius 1 is 1.40 bits per heavy atom. The summed E-state index contributed by atoms with van der Waals surface area (Å²) in [6.07, 6.45) is 0. The Hall–Kier alpha value is -1.46. The predicted octanol–water partition coefficient (Wildman–Crippen LogP) is 1.62. The summed E-state index contributed by atoms with van der Waals surface area (Å²) in [6.45, 7) is 4.78. The van der Waals surface area contributed by atoms with Gasteiger partial charge in [0.05, 0.1) is 12.6 Å². The average molecular weight is 281 g/mol. The van der Waals surface area contributed by atoms with Gasteiger partial charge in [-0.3, -0.25) is 9.69 Å². The van der Waals surface area contributed by atoms with E-state index >= 15 is 0 Å². The zero-order valence-corrected chi connectivity index (χ0v) is 12.6. The van der Waals surface area contributed by atoms with Gasteiger partial charge in [-0.25, -0.2) is 4.39 Å². The van der Waals surface area contributed by atoms with E-state index in [9.17, 15) is 9.18 Å². The molecule has 0 aliphatic carbocycles. The van der Waals surface area contributed by atoms with Crippen LogP contribution < -0.4 is 5.73 Å². The lowest BCUT2D eigenvalue weighted by Crippen LogP contribution is -2.44. The summed E-state index contributed by atoms with van der Waals surface area (Å²) in [4.78, 5) is 15.4. The highest BCUT2D eigenvalue weighted by atomic mass is 19.1. The fourth-order valence-corrected chi connectivity index (χ4v) is 2.26. The van der Waals surface area contributed by atoms with Crippen molar-refractivity contribution in [2.45, 2.75) is 25.9 Å². The molecule has 0 fully saturated rings. The van der Waals surface area contributed by atoms with Crippen LogP contribution in [0.5, 0.6) is 0 Å². The van der Waals surface area contributed by atoms with Gasteiger partial charge < -0.3 is 10.6 Å². The molecule has 20 heavy (non-hydrogen) atoms. The number of hydrogen-bond donors (Lipinski definition) is 1. The lowest BCUT2D eigenvalue weighted by molar-refractivity contribution is -0.130. The summed E-state index contributed by atoms with van der Waals surface area (Å²) in [5, 5.41) is 0. The molecule has 0 radical (unpaired) electrons. The first-order chi connectivity index (χ1) is 9.36. The Balaban J connectivity index is 3.01. The highest BCUT2D eigenvalue weighted by Gasteiger charge is 2.25. The molecule has 1 rings (SSSR count). The first kappa shape index (κ1) is 16.6. The SMILES string of the molecule is CCN(CC(=O)N(C)C)C(c1cccc(F)c1)C(C)N. The third-order valence-electron chi connectivity index (χ3n) is 3.32. The minimum absolute atomic E-state index is 0.00824. The van der Waals surface area contributed by atoms with Crippen molar-refractivity contribution < 1.29 is 9.18 Å². The smallest absolute Gasteiger partial charge is 0.236 e. The molecule has 0 aromatic heterocycles. The van der Waals surface area contributed by atoms with Gasteiger partial charge in [0.1, 0.15) is 5.82 Å². The van der Waals surface area contributed by atoms with Gasteiger partial charge in [0.15, 0.2) is 0 Å². The number of likely N-dealkylation sites (N-methyl/N-ethyl adjacent to an activating group) is 2. The minimum Gasteiger partial charge on any atom is -0.348 e. The summed E-state index contributed by atoms with van der Waals surface area (Å²) in [5.74, 6) is -0.281. The molecule has 5 heteroatoms. The maximum Gasteiger partial charge on any atom is 0.236 e. The van der Waals surface area contributed by atoms with Gasteiger partial charge in [-0.15, -0.1) is 0 Å². The van der Waals surface area contributed by atoms with Crippen molar-refractivity contribution in [3.8, 4) is 0 Å². The van der Waals surface area contributed by atoms with Crippen LogP contribution in [0, 0.1) is 5.82 Å². The molecule has 0 saturated carbocycles. The third-order valence-corrected chi connectivity index (χ3v) is 3.32. The first-order valence-electron chi connectivity index (χ1n) is 6.82. The van der Waals surface area contributed by atoms with Crippen LogP contribution in [-0.4, -0.2) is 48.9 Å². The molecule has 0 spiro atoms. The van der Waals surface area contributed by atoms with Gasteiger partial charge in [-0.1, -0.05) is 19.1 Å². The molecule has 2 unspecified atom stereocenters. The highest BCUT2D eigenvalue weighted by molar-refractivity contribution is 5.77. The van der Waals surface area contributed by atoms with E-state index in [-0.39, 0.29) is 30.4 Å². The largest absolute Gasteiger partial charge is 0.348 e. The molecule has 1 amide bonds. The van der Waals surface area contributed by atoms with Crippen LogP contribution in [0.4, 0.5) is 4.39 Å². The van der Waals surface area contributed by atoms with Gasteiger partial charge in [-0.2, -0.15) is 0 Å². The lowest BCUT2D eigenvalue weighted by Gasteiger charge is -2.34. The van der Waals surface area contributed by atoms with Crippen LogP contribution in [0.3, 0.4) is 0 Å². The van der Waals surface area contributed by atoms with Crippen LogP contribution in [0.15, 0.2) is 24.3 Å². The fraction of sp³-hybridized carbons (Fsp3) is 0.533. The van der Waals surface area contributed by atoms with E-state index in [2.05, 4.69) is 0 Å². The van der Waals surface area contributed by atoms with Crippen molar-refractivity contribution in [1.82, 2.24) is 9.80 Å². The summed E-state index contributed by atoms with van der Waals surface area (Å²) in [6, 6.07) is 6.02. The molecule has 0 aliphatic rings. The van der Waals surface area contributed by atoms with E-state index in [1.54, 1.807) is 25.1 Å². The number of hydrogen-bond acceptors (Lipinski definition) is 3. The molecule has 0 aliphatic heterocycles. The Morgan fingerprint density at radius 3 is 2.50 bits per heavy atom. The van der Waals surface area contributed by atoms with E-state index in [0.717, 1.165) is 5.56 Å². The van der Waals surface area contributed by atoms with Crippen molar-refractivity contribution >= 4 is 5.91 Å². The van der Waals surface area contributed by atoms with Crippen LogP contribution >= 0.6 is 0 Å². The molecule has 0 bridgehead atoms. The third kappa shape index (κ3) is 4.28. The number of rotatable bonds is 6. The number of carbonyl (C=O) groups excluding carboxylic acids is 1. The van der Waals surface area contributed by atoms with Gasteiger partial charge >= 0.3 is 0 Å². The van der Waals surface area contributed by atoms with E-state index in [0.29, 0.717) is 6.54 Å². The van der Waals surface area contributed by atoms with Gasteiger partial charge in [0.2, 0.25) is 5.91 Å². The average Bonchev–Trinajstić information content (AvgIpc) is 2.37. The van der Waals surface area contributed by atoms with Crippen molar-refractivity contribution in [3.05, 3.63) is 35.6 Å². The van der Waals surface area contributed by atoms with Gasteiger partial charge in [0.25, 0.3) is 0 Å². The van der Waals surface area contributed by atoms with Crippen LogP contribution in [0.25, 0.3) is 0 Å². The van der Waals surface area contributed by atoms with Crippen LogP contribution in [-0.2, 0) is 4.79 Å². The second-order valence-corrected chi connectivity index (χ2v) is 5.21. The molecular weight excluding hydrogens is 257 g/mol. The number of carbonyl (C=O) groups is 1. The summed E-state index contributed by atoms with van der Waals surface area (Å²) < 4.78 is 13.4. The number of halogens is 1. The number of nitrogens with two attached hydrogens (primary N) is 1. The monoisotopic (exact) mass is 281 g/mol.